The van der Waals surface area contributed by atoms with Gasteiger partial charge in [0.25, 0.3) is 0 Å². The van der Waals surface area contributed by atoms with E-state index in [4.69, 9.17) is 9.84 Å². The van der Waals surface area contributed by atoms with Gasteiger partial charge in [0, 0.05) is 10.0 Å². The lowest BCUT2D eigenvalue weighted by molar-refractivity contribution is -0.143. The van der Waals surface area contributed by atoms with Crippen molar-refractivity contribution in [3.05, 3.63) is 39.9 Å². The molecule has 1 aromatic rings. The van der Waals surface area contributed by atoms with Crippen molar-refractivity contribution >= 4 is 33.9 Å². The monoisotopic (exact) mass is 326 g/mol. The highest BCUT2D eigenvalue weighted by atomic mass is 79.9. The lowest BCUT2D eigenvalue weighted by Gasteiger charge is -2.06. The molecule has 102 valence electrons. The Morgan fingerprint density at radius 2 is 2.16 bits per heavy atom. The summed E-state index contributed by atoms with van der Waals surface area (Å²) in [6.45, 7) is 1.74. The summed E-state index contributed by atoms with van der Waals surface area (Å²) in [4.78, 5) is 22.1. The molecule has 0 saturated carbocycles. The minimum atomic E-state index is -0.984. The molecular weight excluding hydrogens is 312 g/mol. The zero-order chi connectivity index (χ0) is 14.3. The molecule has 5 heteroatoms. The van der Waals surface area contributed by atoms with Crippen molar-refractivity contribution in [3.63, 3.8) is 0 Å². The van der Waals surface area contributed by atoms with Gasteiger partial charge < -0.3 is 9.84 Å². The smallest absolute Gasteiger partial charge is 0.334 e. The number of halogens is 1. The Balaban J connectivity index is 2.71. The molecule has 0 aliphatic heterocycles. The van der Waals surface area contributed by atoms with Crippen LogP contribution in [0.4, 0.5) is 0 Å². The largest absolute Gasteiger partial charge is 0.481 e. The highest BCUT2D eigenvalue weighted by Crippen LogP contribution is 2.16. The summed E-state index contributed by atoms with van der Waals surface area (Å²) in [7, 11) is 0. The van der Waals surface area contributed by atoms with E-state index in [0.29, 0.717) is 12.0 Å². The fourth-order valence-corrected chi connectivity index (χ4v) is 1.84. The molecule has 1 rings (SSSR count). The first kappa shape index (κ1) is 15.4. The van der Waals surface area contributed by atoms with Crippen LogP contribution >= 0.6 is 15.9 Å². The van der Waals surface area contributed by atoms with Gasteiger partial charge in [-0.1, -0.05) is 35.0 Å². The zero-order valence-corrected chi connectivity index (χ0v) is 12.1. The number of carbonyl (C=O) groups is 2. The molecule has 0 atom stereocenters. The van der Waals surface area contributed by atoms with E-state index in [1.54, 1.807) is 6.08 Å². The summed E-state index contributed by atoms with van der Waals surface area (Å²) < 4.78 is 5.84. The second kappa shape index (κ2) is 7.74. The molecule has 0 amide bonds. The number of ether oxygens (including phenoxy) is 1. The SMILES string of the molecule is CCC(=Cc1cccc(Br)c1)C(=O)OCCC(=O)O. The van der Waals surface area contributed by atoms with Crippen molar-refractivity contribution in [2.24, 2.45) is 0 Å². The predicted octanol–water partition coefficient (Wildman–Crippen LogP) is 3.26. The molecule has 0 bridgehead atoms. The minimum absolute atomic E-state index is 0.107. The van der Waals surface area contributed by atoms with Gasteiger partial charge >= 0.3 is 11.9 Å². The molecule has 0 saturated heterocycles. The Morgan fingerprint density at radius 1 is 1.42 bits per heavy atom. The summed E-state index contributed by atoms with van der Waals surface area (Å²) in [5, 5.41) is 8.48. The Bertz CT molecular complexity index is 494. The van der Waals surface area contributed by atoms with Crippen LogP contribution < -0.4 is 0 Å². The molecule has 4 nitrogen and oxygen atoms in total. The average Bonchev–Trinajstić information content (AvgIpc) is 2.35. The second-order valence-electron chi connectivity index (χ2n) is 3.86. The molecule has 1 N–H and O–H groups in total. The molecule has 0 unspecified atom stereocenters. The van der Waals surface area contributed by atoms with E-state index < -0.39 is 11.9 Å². The summed E-state index contributed by atoms with van der Waals surface area (Å²) in [6, 6.07) is 7.54. The highest BCUT2D eigenvalue weighted by molar-refractivity contribution is 9.10. The van der Waals surface area contributed by atoms with Crippen molar-refractivity contribution in [3.8, 4) is 0 Å². The second-order valence-corrected chi connectivity index (χ2v) is 4.77. The van der Waals surface area contributed by atoms with Gasteiger partial charge in [-0.05, 0) is 30.2 Å². The van der Waals surface area contributed by atoms with E-state index in [-0.39, 0.29) is 13.0 Å². The molecule has 0 fully saturated rings. The first-order chi connectivity index (χ1) is 9.02. The maximum absolute atomic E-state index is 11.7. The van der Waals surface area contributed by atoms with Crippen molar-refractivity contribution in [1.29, 1.82) is 0 Å². The van der Waals surface area contributed by atoms with Crippen molar-refractivity contribution in [1.82, 2.24) is 0 Å². The van der Waals surface area contributed by atoms with Gasteiger partial charge in [0.15, 0.2) is 0 Å². The molecule has 1 aromatic carbocycles. The van der Waals surface area contributed by atoms with E-state index in [1.807, 2.05) is 31.2 Å². The number of esters is 1. The molecule has 0 aliphatic carbocycles. The highest BCUT2D eigenvalue weighted by Gasteiger charge is 2.10. The Labute approximate surface area is 120 Å². The Hall–Kier alpha value is -1.62. The quantitative estimate of drug-likeness (QED) is 0.643. The van der Waals surface area contributed by atoms with E-state index >= 15 is 0 Å². The third-order valence-corrected chi connectivity index (χ3v) is 2.87. The molecule has 0 aromatic heterocycles. The number of hydrogen-bond acceptors (Lipinski definition) is 3. The molecule has 0 spiro atoms. The van der Waals surface area contributed by atoms with E-state index in [9.17, 15) is 9.59 Å². The van der Waals surface area contributed by atoms with E-state index in [1.165, 1.54) is 0 Å². The van der Waals surface area contributed by atoms with Gasteiger partial charge in [0.2, 0.25) is 0 Å². The Kier molecular flexibility index (Phi) is 6.29. The van der Waals surface area contributed by atoms with Crippen LogP contribution in [-0.4, -0.2) is 23.7 Å². The van der Waals surface area contributed by atoms with Crippen molar-refractivity contribution in [2.75, 3.05) is 6.61 Å². The number of hydrogen-bond donors (Lipinski definition) is 1. The normalized spacial score (nSPS) is 11.2. The van der Waals surface area contributed by atoms with Gasteiger partial charge in [-0.25, -0.2) is 4.79 Å². The number of benzene rings is 1. The van der Waals surface area contributed by atoms with Gasteiger partial charge in [0.05, 0.1) is 6.42 Å². The standard InChI is InChI=1S/C14H15BrO4/c1-2-11(14(18)19-7-6-13(16)17)8-10-4-3-5-12(15)9-10/h3-5,8-9H,2,6-7H2,1H3,(H,16,17). The summed E-state index contributed by atoms with van der Waals surface area (Å²) in [6.07, 6.45) is 2.09. The predicted molar refractivity (Wildman–Crippen MR) is 75.6 cm³/mol. The van der Waals surface area contributed by atoms with Gasteiger partial charge in [-0.2, -0.15) is 0 Å². The van der Waals surface area contributed by atoms with Gasteiger partial charge in [-0.3, -0.25) is 4.79 Å². The minimum Gasteiger partial charge on any atom is -0.481 e. The number of carboxylic acids is 1. The van der Waals surface area contributed by atoms with Gasteiger partial charge in [0.1, 0.15) is 6.61 Å². The van der Waals surface area contributed by atoms with E-state index in [0.717, 1.165) is 10.0 Å². The number of aliphatic carboxylic acids is 1. The molecule has 0 radical (unpaired) electrons. The van der Waals surface area contributed by atoms with Crippen LogP contribution in [0.25, 0.3) is 6.08 Å². The molecule has 0 heterocycles. The van der Waals surface area contributed by atoms with Crippen molar-refractivity contribution in [2.45, 2.75) is 19.8 Å². The van der Waals surface area contributed by atoms with Crippen LogP contribution in [0.3, 0.4) is 0 Å². The number of carbonyl (C=O) groups excluding carboxylic acids is 1. The number of carboxylic acid groups (broad SMARTS) is 1. The maximum atomic E-state index is 11.7. The molecule has 0 aliphatic rings. The van der Waals surface area contributed by atoms with Crippen LogP contribution in [0.5, 0.6) is 0 Å². The third-order valence-electron chi connectivity index (χ3n) is 2.38. The lowest BCUT2D eigenvalue weighted by atomic mass is 10.1. The summed E-state index contributed by atoms with van der Waals surface area (Å²) >= 11 is 3.36. The first-order valence-electron chi connectivity index (χ1n) is 5.88. The lowest BCUT2D eigenvalue weighted by Crippen LogP contribution is -2.11. The van der Waals surface area contributed by atoms with E-state index in [2.05, 4.69) is 15.9 Å². The topological polar surface area (TPSA) is 63.6 Å². The van der Waals surface area contributed by atoms with Crippen LogP contribution in [0, 0.1) is 0 Å². The fraction of sp³-hybridized carbons (Fsp3) is 0.286. The summed E-state index contributed by atoms with van der Waals surface area (Å²) in [5.74, 6) is -1.45. The fourth-order valence-electron chi connectivity index (χ4n) is 1.43. The van der Waals surface area contributed by atoms with Crippen molar-refractivity contribution < 1.29 is 19.4 Å². The Morgan fingerprint density at radius 3 is 2.74 bits per heavy atom. The molecular formula is C14H15BrO4. The van der Waals surface area contributed by atoms with Gasteiger partial charge in [-0.15, -0.1) is 0 Å². The van der Waals surface area contributed by atoms with Crippen LogP contribution in [0.2, 0.25) is 0 Å². The zero-order valence-electron chi connectivity index (χ0n) is 10.6. The first-order valence-corrected chi connectivity index (χ1v) is 6.67. The molecule has 19 heavy (non-hydrogen) atoms. The van der Waals surface area contributed by atoms with Crippen LogP contribution in [-0.2, 0) is 14.3 Å². The average molecular weight is 327 g/mol. The van der Waals surface area contributed by atoms with Crippen LogP contribution in [0.15, 0.2) is 34.3 Å². The number of rotatable bonds is 6. The van der Waals surface area contributed by atoms with Crippen LogP contribution in [0.1, 0.15) is 25.3 Å². The summed E-state index contributed by atoms with van der Waals surface area (Å²) in [5.41, 5.74) is 1.41. The third kappa shape index (κ3) is 5.70. The maximum Gasteiger partial charge on any atom is 0.334 e.